The van der Waals surface area contributed by atoms with Gasteiger partial charge in [-0.25, -0.2) is 4.39 Å². The average Bonchev–Trinajstić information content (AvgIpc) is 2.29. The van der Waals surface area contributed by atoms with Crippen LogP contribution in [0.5, 0.6) is 0 Å². The fourth-order valence-corrected chi connectivity index (χ4v) is 3.25. The van der Waals surface area contributed by atoms with Gasteiger partial charge in [0, 0.05) is 17.0 Å². The highest BCUT2D eigenvalue weighted by atomic mass is 35.5. The number of halogens is 2. The van der Waals surface area contributed by atoms with E-state index >= 15 is 0 Å². The van der Waals surface area contributed by atoms with Crippen molar-refractivity contribution in [1.29, 1.82) is 0 Å². The lowest BCUT2D eigenvalue weighted by atomic mass is 9.73. The SMILES string of the molecule is CCCC(CCC)(CNC)c1ccc(F)cc1Cl. The van der Waals surface area contributed by atoms with E-state index in [1.807, 2.05) is 13.1 Å². The van der Waals surface area contributed by atoms with E-state index < -0.39 is 0 Å². The van der Waals surface area contributed by atoms with Crippen molar-refractivity contribution < 1.29 is 4.39 Å². The Morgan fingerprint density at radius 3 is 2.28 bits per heavy atom. The van der Waals surface area contributed by atoms with Crippen molar-refractivity contribution in [2.24, 2.45) is 0 Å². The summed E-state index contributed by atoms with van der Waals surface area (Å²) in [6.07, 6.45) is 4.31. The Morgan fingerprint density at radius 2 is 1.83 bits per heavy atom. The predicted molar refractivity (Wildman–Crippen MR) is 76.8 cm³/mol. The molecule has 1 aromatic carbocycles. The van der Waals surface area contributed by atoms with Crippen molar-refractivity contribution in [3.63, 3.8) is 0 Å². The van der Waals surface area contributed by atoms with Crippen LogP contribution >= 0.6 is 11.6 Å². The molecule has 0 amide bonds. The highest BCUT2D eigenvalue weighted by Gasteiger charge is 2.31. The van der Waals surface area contributed by atoms with Gasteiger partial charge in [-0.3, -0.25) is 0 Å². The highest BCUT2D eigenvalue weighted by Crippen LogP contribution is 2.38. The van der Waals surface area contributed by atoms with E-state index in [1.54, 1.807) is 0 Å². The molecule has 102 valence electrons. The Balaban J connectivity index is 3.21. The summed E-state index contributed by atoms with van der Waals surface area (Å²) in [5.74, 6) is -0.268. The molecule has 0 saturated carbocycles. The van der Waals surface area contributed by atoms with Gasteiger partial charge in [0.05, 0.1) is 0 Å². The second-order valence-corrected chi connectivity index (χ2v) is 5.34. The maximum absolute atomic E-state index is 13.2. The zero-order valence-electron chi connectivity index (χ0n) is 11.5. The zero-order chi connectivity index (χ0) is 13.6. The molecule has 0 saturated heterocycles. The molecule has 3 heteroatoms. The fourth-order valence-electron chi connectivity index (χ4n) is 2.88. The topological polar surface area (TPSA) is 12.0 Å². The third-order valence-corrected chi connectivity index (χ3v) is 3.79. The van der Waals surface area contributed by atoms with Gasteiger partial charge in [-0.1, -0.05) is 44.4 Å². The third-order valence-electron chi connectivity index (χ3n) is 3.47. The first kappa shape index (κ1) is 15.5. The maximum Gasteiger partial charge on any atom is 0.124 e. The van der Waals surface area contributed by atoms with E-state index in [4.69, 9.17) is 11.6 Å². The lowest BCUT2D eigenvalue weighted by Crippen LogP contribution is -2.37. The summed E-state index contributed by atoms with van der Waals surface area (Å²) in [4.78, 5) is 0. The average molecular weight is 272 g/mol. The first-order valence-corrected chi connectivity index (χ1v) is 7.07. The molecule has 0 bridgehead atoms. The molecule has 0 atom stereocenters. The normalized spacial score (nSPS) is 11.8. The number of nitrogens with one attached hydrogen (secondary N) is 1. The van der Waals surface area contributed by atoms with Crippen LogP contribution in [0.2, 0.25) is 5.02 Å². The lowest BCUT2D eigenvalue weighted by Gasteiger charge is -2.35. The summed E-state index contributed by atoms with van der Waals surface area (Å²) >= 11 is 6.25. The van der Waals surface area contributed by atoms with Gasteiger partial charge < -0.3 is 5.32 Å². The van der Waals surface area contributed by atoms with Gasteiger partial charge in [-0.05, 0) is 37.6 Å². The molecule has 0 aliphatic rings. The van der Waals surface area contributed by atoms with Crippen molar-refractivity contribution in [2.45, 2.75) is 44.9 Å². The number of benzene rings is 1. The molecule has 0 radical (unpaired) electrons. The van der Waals surface area contributed by atoms with Gasteiger partial charge >= 0.3 is 0 Å². The number of hydrogen-bond acceptors (Lipinski definition) is 1. The standard InChI is InChI=1S/C15H23ClFN/c1-4-8-15(9-5-2,11-18-3)13-7-6-12(17)10-14(13)16/h6-7,10,18H,4-5,8-9,11H2,1-3H3. The van der Waals surface area contributed by atoms with Gasteiger partial charge in [0.2, 0.25) is 0 Å². The number of rotatable bonds is 7. The Kier molecular flexibility index (Phi) is 6.10. The van der Waals surface area contributed by atoms with E-state index in [1.165, 1.54) is 12.1 Å². The van der Waals surface area contributed by atoms with Crippen LogP contribution in [0.3, 0.4) is 0 Å². The van der Waals surface area contributed by atoms with Crippen molar-refractivity contribution >= 4 is 11.6 Å². The largest absolute Gasteiger partial charge is 0.319 e. The Bertz CT molecular complexity index is 362. The Hall–Kier alpha value is -0.600. The van der Waals surface area contributed by atoms with Gasteiger partial charge in [-0.15, -0.1) is 0 Å². The molecule has 1 N–H and O–H groups in total. The summed E-state index contributed by atoms with van der Waals surface area (Å²) in [5, 5.41) is 3.81. The second kappa shape index (κ2) is 7.10. The minimum absolute atomic E-state index is 0.0169. The van der Waals surface area contributed by atoms with Gasteiger partial charge in [0.15, 0.2) is 0 Å². The van der Waals surface area contributed by atoms with Crippen LogP contribution in [0.1, 0.15) is 45.1 Å². The van der Waals surface area contributed by atoms with Gasteiger partial charge in [0.1, 0.15) is 5.82 Å². The smallest absolute Gasteiger partial charge is 0.124 e. The van der Waals surface area contributed by atoms with Crippen molar-refractivity contribution in [1.82, 2.24) is 5.32 Å². The van der Waals surface area contributed by atoms with E-state index in [-0.39, 0.29) is 11.2 Å². The van der Waals surface area contributed by atoms with Crippen LogP contribution in [0, 0.1) is 5.82 Å². The van der Waals surface area contributed by atoms with Crippen molar-refractivity contribution in [3.05, 3.63) is 34.6 Å². The summed E-state index contributed by atoms with van der Waals surface area (Å²) in [6.45, 7) is 5.23. The molecule has 0 aromatic heterocycles. The van der Waals surface area contributed by atoms with Gasteiger partial charge in [0.25, 0.3) is 0 Å². The predicted octanol–water partition coefficient (Wildman–Crippen LogP) is 4.54. The molecule has 1 rings (SSSR count). The van der Waals surface area contributed by atoms with E-state index in [9.17, 15) is 4.39 Å². The first-order valence-electron chi connectivity index (χ1n) is 6.69. The Labute approximate surface area is 115 Å². The minimum atomic E-state index is -0.268. The van der Waals surface area contributed by atoms with Crippen molar-refractivity contribution in [3.8, 4) is 0 Å². The lowest BCUT2D eigenvalue weighted by molar-refractivity contribution is 0.344. The van der Waals surface area contributed by atoms with E-state index in [0.717, 1.165) is 37.8 Å². The second-order valence-electron chi connectivity index (χ2n) is 4.93. The molecule has 0 aliphatic heterocycles. The molecule has 0 unspecified atom stereocenters. The third kappa shape index (κ3) is 3.46. The summed E-state index contributed by atoms with van der Waals surface area (Å²) in [7, 11) is 1.96. The first-order chi connectivity index (χ1) is 8.59. The molecule has 0 aliphatic carbocycles. The molecule has 1 aromatic rings. The number of likely N-dealkylation sites (N-methyl/N-ethyl adjacent to an activating group) is 1. The van der Waals surface area contributed by atoms with Crippen molar-refractivity contribution in [2.75, 3.05) is 13.6 Å². The molecule has 18 heavy (non-hydrogen) atoms. The molecule has 0 heterocycles. The summed E-state index contributed by atoms with van der Waals surface area (Å²) in [6, 6.07) is 4.78. The Morgan fingerprint density at radius 1 is 1.22 bits per heavy atom. The fraction of sp³-hybridized carbons (Fsp3) is 0.600. The van der Waals surface area contributed by atoms with Crippen LogP contribution in [0.15, 0.2) is 18.2 Å². The molecular weight excluding hydrogens is 249 g/mol. The van der Waals surface area contributed by atoms with Crippen LogP contribution < -0.4 is 5.32 Å². The molecule has 0 fully saturated rings. The summed E-state index contributed by atoms with van der Waals surface area (Å²) < 4.78 is 13.2. The van der Waals surface area contributed by atoms with E-state index in [0.29, 0.717) is 5.02 Å². The van der Waals surface area contributed by atoms with Gasteiger partial charge in [-0.2, -0.15) is 0 Å². The monoisotopic (exact) mass is 271 g/mol. The van der Waals surface area contributed by atoms with Crippen LogP contribution in [0.4, 0.5) is 4.39 Å². The zero-order valence-corrected chi connectivity index (χ0v) is 12.3. The molecule has 1 nitrogen and oxygen atoms in total. The van der Waals surface area contributed by atoms with Crippen LogP contribution in [0.25, 0.3) is 0 Å². The highest BCUT2D eigenvalue weighted by molar-refractivity contribution is 6.31. The van der Waals surface area contributed by atoms with E-state index in [2.05, 4.69) is 19.2 Å². The summed E-state index contributed by atoms with van der Waals surface area (Å²) in [5.41, 5.74) is 1.09. The maximum atomic E-state index is 13.2. The molecular formula is C15H23ClFN. The van der Waals surface area contributed by atoms with Crippen LogP contribution in [-0.2, 0) is 5.41 Å². The quantitative estimate of drug-likeness (QED) is 0.768. The van der Waals surface area contributed by atoms with Crippen LogP contribution in [-0.4, -0.2) is 13.6 Å². The number of hydrogen-bond donors (Lipinski definition) is 1. The minimum Gasteiger partial charge on any atom is -0.319 e. The molecule has 0 spiro atoms.